The Morgan fingerprint density at radius 2 is 2.00 bits per heavy atom. The van der Waals surface area contributed by atoms with Crippen LogP contribution in [-0.2, 0) is 4.79 Å². The molecule has 2 aromatic rings. The summed E-state index contributed by atoms with van der Waals surface area (Å²) in [6.07, 6.45) is 0.146. The van der Waals surface area contributed by atoms with Crippen molar-refractivity contribution in [1.29, 1.82) is 5.26 Å². The zero-order valence-corrected chi connectivity index (χ0v) is 16.9. The van der Waals surface area contributed by atoms with E-state index in [9.17, 15) is 15.2 Å². The Balaban J connectivity index is 1.62. The number of aromatic nitrogens is 1. The second-order valence-corrected chi connectivity index (χ2v) is 7.14. The van der Waals surface area contributed by atoms with Gasteiger partial charge in [0, 0.05) is 45.3 Å². The highest BCUT2D eigenvalue weighted by atomic mass is 16.4. The minimum atomic E-state index is -0.487. The van der Waals surface area contributed by atoms with Crippen molar-refractivity contribution in [2.24, 2.45) is 0 Å². The monoisotopic (exact) mass is 397 g/mol. The van der Waals surface area contributed by atoms with Gasteiger partial charge >= 0.3 is 0 Å². The lowest BCUT2D eigenvalue weighted by Crippen LogP contribution is -2.52. The molecule has 1 fully saturated rings. The summed E-state index contributed by atoms with van der Waals surface area (Å²) >= 11 is 0. The van der Waals surface area contributed by atoms with Gasteiger partial charge in [0.15, 0.2) is 5.89 Å². The summed E-state index contributed by atoms with van der Waals surface area (Å²) in [7, 11) is 0. The Kier molecular flexibility index (Phi) is 6.73. The molecule has 2 heterocycles. The molecule has 8 heteroatoms. The number of hydrogen-bond acceptors (Lipinski definition) is 7. The molecular formula is C21H27N5O3. The van der Waals surface area contributed by atoms with Gasteiger partial charge in [-0.3, -0.25) is 4.79 Å². The molecule has 0 spiro atoms. The molecule has 1 N–H and O–H groups in total. The number of aliphatic hydroxyl groups excluding tert-OH is 1. The Morgan fingerprint density at radius 1 is 1.31 bits per heavy atom. The van der Waals surface area contributed by atoms with Gasteiger partial charge in [-0.25, -0.2) is 4.98 Å². The number of aliphatic hydroxyl groups is 1. The molecule has 0 saturated carbocycles. The standard InChI is InChI=1S/C21H27N5O3/c1-3-18(27)14-26(17-7-5-4-6-8-17)15-20(28)24-9-11-25(12-10-24)21-19(13-22)23-16(2)29-21/h4-8,18,27H,3,9-12,14-15H2,1-2H3. The summed E-state index contributed by atoms with van der Waals surface area (Å²) in [5.41, 5.74) is 1.20. The average molecular weight is 397 g/mol. The molecule has 29 heavy (non-hydrogen) atoms. The van der Waals surface area contributed by atoms with Crippen LogP contribution in [0.2, 0.25) is 0 Å². The maximum Gasteiger partial charge on any atom is 0.242 e. The second-order valence-electron chi connectivity index (χ2n) is 7.14. The first-order valence-electron chi connectivity index (χ1n) is 9.90. The van der Waals surface area contributed by atoms with E-state index in [1.54, 1.807) is 6.92 Å². The molecule has 0 aliphatic carbocycles. The Hall–Kier alpha value is -3.05. The first-order valence-corrected chi connectivity index (χ1v) is 9.90. The number of carbonyl (C=O) groups excluding carboxylic acids is 1. The van der Waals surface area contributed by atoms with Crippen LogP contribution in [0.4, 0.5) is 11.6 Å². The number of nitriles is 1. The van der Waals surface area contributed by atoms with Crippen molar-refractivity contribution in [2.75, 3.05) is 49.1 Å². The summed E-state index contributed by atoms with van der Waals surface area (Å²) in [5.74, 6) is 0.961. The third-order valence-electron chi connectivity index (χ3n) is 5.09. The molecule has 8 nitrogen and oxygen atoms in total. The van der Waals surface area contributed by atoms with Crippen molar-refractivity contribution in [1.82, 2.24) is 9.88 Å². The average Bonchev–Trinajstić information content (AvgIpc) is 3.14. The Bertz CT molecular complexity index is 853. The minimum absolute atomic E-state index is 0.0195. The van der Waals surface area contributed by atoms with Gasteiger partial charge in [-0.1, -0.05) is 25.1 Å². The van der Waals surface area contributed by atoms with Crippen molar-refractivity contribution in [2.45, 2.75) is 26.4 Å². The van der Waals surface area contributed by atoms with E-state index in [1.807, 2.05) is 52.0 Å². The van der Waals surface area contributed by atoms with Gasteiger partial charge < -0.3 is 24.2 Å². The van der Waals surface area contributed by atoms with Gasteiger partial charge in [0.05, 0.1) is 12.6 Å². The fourth-order valence-corrected chi connectivity index (χ4v) is 3.41. The largest absolute Gasteiger partial charge is 0.424 e. The molecule has 1 saturated heterocycles. The lowest BCUT2D eigenvalue weighted by atomic mass is 10.2. The number of oxazole rings is 1. The van der Waals surface area contributed by atoms with Crippen LogP contribution in [0.5, 0.6) is 0 Å². The molecule has 0 radical (unpaired) electrons. The van der Waals surface area contributed by atoms with Gasteiger partial charge in [0.2, 0.25) is 17.5 Å². The van der Waals surface area contributed by atoms with E-state index in [-0.39, 0.29) is 18.1 Å². The third-order valence-corrected chi connectivity index (χ3v) is 5.09. The van der Waals surface area contributed by atoms with E-state index in [1.165, 1.54) is 0 Å². The van der Waals surface area contributed by atoms with Gasteiger partial charge in [-0.2, -0.15) is 5.26 Å². The molecule has 1 aliphatic heterocycles. The van der Waals surface area contributed by atoms with E-state index >= 15 is 0 Å². The summed E-state index contributed by atoms with van der Waals surface area (Å²) in [4.78, 5) is 22.7. The number of nitrogens with zero attached hydrogens (tertiary/aromatic N) is 5. The number of hydrogen-bond donors (Lipinski definition) is 1. The molecule has 1 atom stereocenters. The zero-order valence-electron chi connectivity index (χ0n) is 16.9. The number of benzene rings is 1. The van der Waals surface area contributed by atoms with E-state index in [4.69, 9.17) is 4.42 Å². The number of piperazine rings is 1. The molecule has 0 bridgehead atoms. The number of aryl methyl sites for hydroxylation is 1. The second kappa shape index (κ2) is 9.43. The molecule has 1 aromatic heterocycles. The highest BCUT2D eigenvalue weighted by Gasteiger charge is 2.27. The molecule has 3 rings (SSSR count). The Morgan fingerprint density at radius 3 is 2.62 bits per heavy atom. The predicted octanol–water partition coefficient (Wildman–Crippen LogP) is 1.78. The number of amides is 1. The van der Waals surface area contributed by atoms with Crippen LogP contribution in [0.3, 0.4) is 0 Å². The zero-order chi connectivity index (χ0) is 20.8. The maximum absolute atomic E-state index is 12.9. The van der Waals surface area contributed by atoms with Crippen molar-refractivity contribution in [3.63, 3.8) is 0 Å². The first kappa shape index (κ1) is 20.7. The fourth-order valence-electron chi connectivity index (χ4n) is 3.41. The highest BCUT2D eigenvalue weighted by Crippen LogP contribution is 2.23. The normalized spacial score (nSPS) is 15.1. The van der Waals surface area contributed by atoms with Crippen LogP contribution >= 0.6 is 0 Å². The summed E-state index contributed by atoms with van der Waals surface area (Å²) in [6, 6.07) is 11.7. The van der Waals surface area contributed by atoms with E-state index < -0.39 is 6.10 Å². The summed E-state index contributed by atoms with van der Waals surface area (Å²) in [6.45, 7) is 6.52. The fraction of sp³-hybridized carbons (Fsp3) is 0.476. The number of anilines is 2. The van der Waals surface area contributed by atoms with Gasteiger partial charge in [0.25, 0.3) is 0 Å². The summed E-state index contributed by atoms with van der Waals surface area (Å²) in [5, 5.41) is 19.3. The molecule has 1 amide bonds. The number of para-hydroxylation sites is 1. The third kappa shape index (κ3) is 5.06. The highest BCUT2D eigenvalue weighted by molar-refractivity contribution is 5.81. The SMILES string of the molecule is CCC(O)CN(CC(=O)N1CCN(c2oc(C)nc2C#N)CC1)c1ccccc1. The Labute approximate surface area is 171 Å². The lowest BCUT2D eigenvalue weighted by Gasteiger charge is -2.36. The molecular weight excluding hydrogens is 370 g/mol. The molecule has 1 unspecified atom stereocenters. The molecule has 154 valence electrons. The van der Waals surface area contributed by atoms with Crippen LogP contribution in [0, 0.1) is 18.3 Å². The van der Waals surface area contributed by atoms with Crippen LogP contribution in [-0.4, -0.2) is 66.3 Å². The minimum Gasteiger partial charge on any atom is -0.424 e. The predicted molar refractivity (Wildman–Crippen MR) is 110 cm³/mol. The van der Waals surface area contributed by atoms with Crippen molar-refractivity contribution in [3.05, 3.63) is 41.9 Å². The van der Waals surface area contributed by atoms with Gasteiger partial charge in [0.1, 0.15) is 6.07 Å². The lowest BCUT2D eigenvalue weighted by molar-refractivity contribution is -0.130. The van der Waals surface area contributed by atoms with Gasteiger partial charge in [-0.15, -0.1) is 0 Å². The summed E-state index contributed by atoms with van der Waals surface area (Å²) < 4.78 is 5.57. The number of carbonyl (C=O) groups is 1. The maximum atomic E-state index is 12.9. The van der Waals surface area contributed by atoms with Gasteiger partial charge in [-0.05, 0) is 18.6 Å². The smallest absolute Gasteiger partial charge is 0.242 e. The van der Waals surface area contributed by atoms with Crippen LogP contribution in [0.25, 0.3) is 0 Å². The van der Waals surface area contributed by atoms with E-state index in [0.29, 0.717) is 50.9 Å². The van der Waals surface area contributed by atoms with Crippen molar-refractivity contribution < 1.29 is 14.3 Å². The van der Waals surface area contributed by atoms with E-state index in [2.05, 4.69) is 11.1 Å². The molecule has 1 aliphatic rings. The topological polar surface area (TPSA) is 96.8 Å². The quantitative estimate of drug-likeness (QED) is 0.761. The first-order chi connectivity index (χ1) is 14.0. The van der Waals surface area contributed by atoms with Crippen LogP contribution < -0.4 is 9.80 Å². The molecule has 1 aromatic carbocycles. The van der Waals surface area contributed by atoms with E-state index in [0.717, 1.165) is 5.69 Å². The van der Waals surface area contributed by atoms with Crippen molar-refractivity contribution >= 4 is 17.5 Å². The number of rotatable bonds is 7. The van der Waals surface area contributed by atoms with Crippen LogP contribution in [0.1, 0.15) is 24.9 Å². The van der Waals surface area contributed by atoms with Crippen molar-refractivity contribution in [3.8, 4) is 6.07 Å². The van der Waals surface area contributed by atoms with Crippen LogP contribution in [0.15, 0.2) is 34.7 Å².